The first-order valence-electron chi connectivity index (χ1n) is 5.01. The maximum Gasteiger partial charge on any atom is 0.121 e. The molecule has 0 saturated carbocycles. The van der Waals surface area contributed by atoms with E-state index in [0.29, 0.717) is 6.42 Å². The number of rotatable bonds is 6. The van der Waals surface area contributed by atoms with E-state index < -0.39 is 0 Å². The number of carbonyl (C=O) groups excluding carboxylic acids is 1. The van der Waals surface area contributed by atoms with E-state index in [1.807, 2.05) is 24.3 Å². The molecule has 0 radical (unpaired) electrons. The number of hydrogen-bond donors (Lipinski definition) is 0. The standard InChI is InChI=1S/C12H16O2S/c1-3-15-12(8-9-13)10-4-6-11(14-2)7-5-10/h4-7,9,12H,3,8H2,1-2H3/t12-/m0/s1. The molecule has 82 valence electrons. The maximum atomic E-state index is 10.5. The van der Waals surface area contributed by atoms with Crippen LogP contribution in [0.15, 0.2) is 24.3 Å². The molecule has 1 aromatic carbocycles. The fourth-order valence-electron chi connectivity index (χ4n) is 1.41. The predicted octanol–water partition coefficient (Wildman–Crippen LogP) is 3.08. The number of hydrogen-bond acceptors (Lipinski definition) is 3. The highest BCUT2D eigenvalue weighted by molar-refractivity contribution is 7.99. The van der Waals surface area contributed by atoms with Crippen molar-refractivity contribution in [2.24, 2.45) is 0 Å². The summed E-state index contributed by atoms with van der Waals surface area (Å²) in [5.41, 5.74) is 1.19. The average molecular weight is 224 g/mol. The predicted molar refractivity (Wildman–Crippen MR) is 64.5 cm³/mol. The Labute approximate surface area is 95.0 Å². The van der Waals surface area contributed by atoms with Crippen LogP contribution in [0.4, 0.5) is 0 Å². The van der Waals surface area contributed by atoms with Gasteiger partial charge in [0, 0.05) is 11.7 Å². The smallest absolute Gasteiger partial charge is 0.121 e. The highest BCUT2D eigenvalue weighted by Gasteiger charge is 2.10. The minimum absolute atomic E-state index is 0.276. The van der Waals surface area contributed by atoms with Crippen molar-refractivity contribution in [1.82, 2.24) is 0 Å². The summed E-state index contributed by atoms with van der Waals surface area (Å²) < 4.78 is 5.09. The molecule has 0 aliphatic carbocycles. The Morgan fingerprint density at radius 2 is 2.07 bits per heavy atom. The summed E-state index contributed by atoms with van der Waals surface area (Å²) in [7, 11) is 1.65. The highest BCUT2D eigenvalue weighted by atomic mass is 32.2. The Morgan fingerprint density at radius 3 is 2.53 bits per heavy atom. The Kier molecular flexibility index (Phi) is 5.26. The molecule has 0 fully saturated rings. The summed E-state index contributed by atoms with van der Waals surface area (Å²) >= 11 is 1.80. The van der Waals surface area contributed by atoms with E-state index in [1.54, 1.807) is 18.9 Å². The Balaban J connectivity index is 2.76. The molecule has 0 saturated heterocycles. The number of thioether (sulfide) groups is 1. The van der Waals surface area contributed by atoms with E-state index in [-0.39, 0.29) is 5.25 Å². The lowest BCUT2D eigenvalue weighted by Crippen LogP contribution is -1.96. The largest absolute Gasteiger partial charge is 0.497 e. The summed E-state index contributed by atoms with van der Waals surface area (Å²) in [5, 5.41) is 0.276. The summed E-state index contributed by atoms with van der Waals surface area (Å²) in [6.45, 7) is 2.10. The van der Waals surface area contributed by atoms with Gasteiger partial charge in [-0.3, -0.25) is 0 Å². The topological polar surface area (TPSA) is 26.3 Å². The van der Waals surface area contributed by atoms with Crippen molar-refractivity contribution in [3.63, 3.8) is 0 Å². The minimum atomic E-state index is 0.276. The van der Waals surface area contributed by atoms with Crippen molar-refractivity contribution in [3.05, 3.63) is 29.8 Å². The lowest BCUT2D eigenvalue weighted by Gasteiger charge is -2.13. The molecular weight excluding hydrogens is 208 g/mol. The van der Waals surface area contributed by atoms with Crippen LogP contribution in [0.3, 0.4) is 0 Å². The summed E-state index contributed by atoms with van der Waals surface area (Å²) in [5.74, 6) is 1.87. The molecule has 0 spiro atoms. The summed E-state index contributed by atoms with van der Waals surface area (Å²) in [6.07, 6.45) is 1.56. The van der Waals surface area contributed by atoms with Crippen molar-refractivity contribution >= 4 is 18.0 Å². The molecule has 0 N–H and O–H groups in total. The van der Waals surface area contributed by atoms with E-state index in [1.165, 1.54) is 5.56 Å². The van der Waals surface area contributed by atoms with Gasteiger partial charge in [0.2, 0.25) is 0 Å². The highest BCUT2D eigenvalue weighted by Crippen LogP contribution is 2.31. The molecule has 1 aromatic rings. The average Bonchev–Trinajstić information content (AvgIpc) is 2.29. The van der Waals surface area contributed by atoms with Gasteiger partial charge in [-0.25, -0.2) is 0 Å². The number of carbonyl (C=O) groups is 1. The molecular formula is C12H16O2S. The van der Waals surface area contributed by atoms with Crippen LogP contribution in [-0.2, 0) is 4.79 Å². The number of ether oxygens (including phenoxy) is 1. The number of methoxy groups -OCH3 is 1. The van der Waals surface area contributed by atoms with Crippen LogP contribution in [0.2, 0.25) is 0 Å². The van der Waals surface area contributed by atoms with Crippen molar-refractivity contribution in [2.75, 3.05) is 12.9 Å². The molecule has 1 rings (SSSR count). The molecule has 0 unspecified atom stereocenters. The molecule has 0 amide bonds. The third-order valence-corrected chi connectivity index (χ3v) is 3.37. The van der Waals surface area contributed by atoms with Gasteiger partial charge in [0.05, 0.1) is 7.11 Å². The van der Waals surface area contributed by atoms with Crippen LogP contribution in [0, 0.1) is 0 Å². The fourth-order valence-corrected chi connectivity index (χ4v) is 2.37. The second-order valence-electron chi connectivity index (χ2n) is 3.12. The molecule has 0 heterocycles. The van der Waals surface area contributed by atoms with Crippen LogP contribution >= 0.6 is 11.8 Å². The zero-order valence-electron chi connectivity index (χ0n) is 9.10. The Hall–Kier alpha value is -0.960. The Bertz CT molecular complexity index is 295. The number of benzene rings is 1. The fraction of sp³-hybridized carbons (Fsp3) is 0.417. The second-order valence-corrected chi connectivity index (χ2v) is 4.60. The van der Waals surface area contributed by atoms with Crippen LogP contribution in [0.5, 0.6) is 5.75 Å². The number of aldehydes is 1. The van der Waals surface area contributed by atoms with Crippen molar-refractivity contribution in [3.8, 4) is 5.75 Å². The third-order valence-electron chi connectivity index (χ3n) is 2.17. The second kappa shape index (κ2) is 6.51. The van der Waals surface area contributed by atoms with Crippen LogP contribution in [-0.4, -0.2) is 19.1 Å². The zero-order chi connectivity index (χ0) is 11.1. The van der Waals surface area contributed by atoms with Crippen molar-refractivity contribution < 1.29 is 9.53 Å². The van der Waals surface area contributed by atoms with Gasteiger partial charge in [-0.1, -0.05) is 19.1 Å². The first-order valence-corrected chi connectivity index (χ1v) is 6.05. The van der Waals surface area contributed by atoms with E-state index >= 15 is 0 Å². The molecule has 15 heavy (non-hydrogen) atoms. The molecule has 2 nitrogen and oxygen atoms in total. The van der Waals surface area contributed by atoms with Gasteiger partial charge < -0.3 is 9.53 Å². The van der Waals surface area contributed by atoms with Gasteiger partial charge in [0.15, 0.2) is 0 Å². The zero-order valence-corrected chi connectivity index (χ0v) is 9.92. The van der Waals surface area contributed by atoms with Crippen LogP contribution in [0.25, 0.3) is 0 Å². The van der Waals surface area contributed by atoms with E-state index in [2.05, 4.69) is 6.92 Å². The molecule has 0 bridgehead atoms. The molecule has 1 atom stereocenters. The van der Waals surface area contributed by atoms with Gasteiger partial charge in [0.25, 0.3) is 0 Å². The van der Waals surface area contributed by atoms with Crippen LogP contribution in [0.1, 0.15) is 24.2 Å². The van der Waals surface area contributed by atoms with Crippen molar-refractivity contribution in [2.45, 2.75) is 18.6 Å². The molecule has 3 heteroatoms. The van der Waals surface area contributed by atoms with Gasteiger partial charge >= 0.3 is 0 Å². The van der Waals surface area contributed by atoms with Gasteiger partial charge in [-0.05, 0) is 23.4 Å². The minimum Gasteiger partial charge on any atom is -0.497 e. The maximum absolute atomic E-state index is 10.5. The Morgan fingerprint density at radius 1 is 1.40 bits per heavy atom. The van der Waals surface area contributed by atoms with E-state index in [9.17, 15) is 4.79 Å². The van der Waals surface area contributed by atoms with Gasteiger partial charge in [-0.15, -0.1) is 0 Å². The lowest BCUT2D eigenvalue weighted by atomic mass is 10.1. The summed E-state index contributed by atoms with van der Waals surface area (Å²) in [6, 6.07) is 7.91. The molecule has 0 aliphatic heterocycles. The molecule has 0 aliphatic rings. The van der Waals surface area contributed by atoms with E-state index in [4.69, 9.17) is 4.74 Å². The first kappa shape index (κ1) is 12.1. The van der Waals surface area contributed by atoms with Crippen LogP contribution < -0.4 is 4.74 Å². The quantitative estimate of drug-likeness (QED) is 0.695. The summed E-state index contributed by atoms with van der Waals surface area (Å²) in [4.78, 5) is 10.5. The SMILES string of the molecule is CCS[C@@H](CC=O)c1ccc(OC)cc1. The van der Waals surface area contributed by atoms with E-state index in [0.717, 1.165) is 17.8 Å². The first-order chi connectivity index (χ1) is 7.31. The lowest BCUT2D eigenvalue weighted by molar-refractivity contribution is -0.107. The van der Waals surface area contributed by atoms with Gasteiger partial charge in [-0.2, -0.15) is 11.8 Å². The third kappa shape index (κ3) is 3.59. The molecule has 0 aromatic heterocycles. The normalized spacial score (nSPS) is 12.1. The van der Waals surface area contributed by atoms with Crippen molar-refractivity contribution in [1.29, 1.82) is 0 Å². The monoisotopic (exact) mass is 224 g/mol. The van der Waals surface area contributed by atoms with Gasteiger partial charge in [0.1, 0.15) is 12.0 Å².